The summed E-state index contributed by atoms with van der Waals surface area (Å²) in [5.74, 6) is -0.764. The van der Waals surface area contributed by atoms with E-state index in [2.05, 4.69) is 4.98 Å². The normalized spacial score (nSPS) is 11.5. The minimum Gasteiger partial charge on any atom is -0.293 e. The molecule has 0 spiro atoms. The van der Waals surface area contributed by atoms with Gasteiger partial charge in [-0.15, -0.1) is 0 Å². The third-order valence-electron chi connectivity index (χ3n) is 1.52. The van der Waals surface area contributed by atoms with Crippen molar-refractivity contribution in [1.82, 2.24) is 4.98 Å². The lowest BCUT2D eigenvalue weighted by Gasteiger charge is -2.11. The van der Waals surface area contributed by atoms with Crippen LogP contribution in [0.3, 0.4) is 0 Å². The first-order valence-corrected chi connectivity index (χ1v) is 3.94. The molecular formula is C8H5ClF3NO. The summed E-state index contributed by atoms with van der Waals surface area (Å²) >= 11 is 5.35. The number of nitrogens with zero attached hydrogens (tertiary/aromatic N) is 1. The van der Waals surface area contributed by atoms with Crippen LogP contribution in [0, 0.1) is 0 Å². The maximum Gasteiger partial charge on any atom is 0.420 e. The molecule has 0 aliphatic carbocycles. The lowest BCUT2D eigenvalue weighted by Crippen LogP contribution is -2.14. The van der Waals surface area contributed by atoms with Gasteiger partial charge in [0.25, 0.3) is 0 Å². The number of carbonyl (C=O) groups is 1. The van der Waals surface area contributed by atoms with E-state index in [0.717, 1.165) is 19.2 Å². The molecule has 0 aromatic carbocycles. The van der Waals surface area contributed by atoms with Gasteiger partial charge >= 0.3 is 6.18 Å². The van der Waals surface area contributed by atoms with Crippen LogP contribution < -0.4 is 0 Å². The Hall–Kier alpha value is -1.10. The van der Waals surface area contributed by atoms with E-state index in [-0.39, 0.29) is 0 Å². The topological polar surface area (TPSA) is 30.0 Å². The van der Waals surface area contributed by atoms with Crippen molar-refractivity contribution in [3.63, 3.8) is 0 Å². The molecule has 14 heavy (non-hydrogen) atoms. The number of ketones is 1. The quantitative estimate of drug-likeness (QED) is 0.685. The fourth-order valence-corrected chi connectivity index (χ4v) is 1.23. The van der Waals surface area contributed by atoms with Crippen molar-refractivity contribution in [3.8, 4) is 0 Å². The highest BCUT2D eigenvalue weighted by atomic mass is 35.5. The van der Waals surface area contributed by atoms with E-state index in [4.69, 9.17) is 11.6 Å². The summed E-state index contributed by atoms with van der Waals surface area (Å²) < 4.78 is 37.2. The highest BCUT2D eigenvalue weighted by molar-refractivity contribution is 6.31. The van der Waals surface area contributed by atoms with Gasteiger partial charge in [-0.2, -0.15) is 13.2 Å². The summed E-state index contributed by atoms with van der Waals surface area (Å²) in [6, 6.07) is 0.997. The van der Waals surface area contributed by atoms with Crippen LogP contribution in [0.2, 0.25) is 5.02 Å². The molecule has 0 aliphatic rings. The van der Waals surface area contributed by atoms with Crippen LogP contribution in [0.4, 0.5) is 13.2 Å². The third-order valence-corrected chi connectivity index (χ3v) is 1.83. The second kappa shape index (κ2) is 3.57. The molecule has 0 N–H and O–H groups in total. The van der Waals surface area contributed by atoms with Gasteiger partial charge in [0.1, 0.15) is 11.3 Å². The summed E-state index contributed by atoms with van der Waals surface area (Å²) in [5, 5.41) is -0.516. The van der Waals surface area contributed by atoms with Crippen LogP contribution in [0.5, 0.6) is 0 Å². The van der Waals surface area contributed by atoms with Crippen molar-refractivity contribution in [2.24, 2.45) is 0 Å². The third kappa shape index (κ3) is 2.04. The molecule has 0 aliphatic heterocycles. The van der Waals surface area contributed by atoms with E-state index in [1.807, 2.05) is 0 Å². The van der Waals surface area contributed by atoms with Crippen molar-refractivity contribution < 1.29 is 18.0 Å². The molecule has 6 heteroatoms. The van der Waals surface area contributed by atoms with E-state index in [9.17, 15) is 18.0 Å². The van der Waals surface area contributed by atoms with Gasteiger partial charge in [0.15, 0.2) is 5.78 Å². The van der Waals surface area contributed by atoms with Gasteiger partial charge in [-0.1, -0.05) is 11.6 Å². The second-order valence-corrected chi connectivity index (χ2v) is 2.98. The molecule has 76 valence electrons. The van der Waals surface area contributed by atoms with E-state index < -0.39 is 28.2 Å². The Balaban J connectivity index is 3.45. The van der Waals surface area contributed by atoms with Crippen LogP contribution in [-0.4, -0.2) is 10.8 Å². The Kier molecular flexibility index (Phi) is 2.80. The largest absolute Gasteiger partial charge is 0.420 e. The number of pyridine rings is 1. The van der Waals surface area contributed by atoms with Crippen LogP contribution in [0.1, 0.15) is 23.0 Å². The van der Waals surface area contributed by atoms with Crippen LogP contribution in [0.25, 0.3) is 0 Å². The van der Waals surface area contributed by atoms with E-state index in [1.165, 1.54) is 0 Å². The maximum atomic E-state index is 12.4. The van der Waals surface area contributed by atoms with Crippen molar-refractivity contribution >= 4 is 17.4 Å². The van der Waals surface area contributed by atoms with Crippen LogP contribution in [-0.2, 0) is 6.18 Å². The Morgan fingerprint density at radius 2 is 2.07 bits per heavy atom. The molecule has 2 nitrogen and oxygen atoms in total. The Morgan fingerprint density at radius 3 is 2.43 bits per heavy atom. The fourth-order valence-electron chi connectivity index (χ4n) is 0.975. The van der Waals surface area contributed by atoms with E-state index >= 15 is 0 Å². The highest BCUT2D eigenvalue weighted by Gasteiger charge is 2.37. The van der Waals surface area contributed by atoms with Gasteiger partial charge in [-0.05, 0) is 6.07 Å². The average molecular weight is 224 g/mol. The van der Waals surface area contributed by atoms with Gasteiger partial charge in [0.05, 0.1) is 5.02 Å². The second-order valence-electron chi connectivity index (χ2n) is 2.57. The number of alkyl halides is 3. The Morgan fingerprint density at radius 1 is 1.50 bits per heavy atom. The van der Waals surface area contributed by atoms with Crippen molar-refractivity contribution in [2.45, 2.75) is 13.1 Å². The lowest BCUT2D eigenvalue weighted by atomic mass is 10.1. The number of Topliss-reactive ketones (excluding diaryl/α,β-unsaturated/α-hetero) is 1. The zero-order valence-corrected chi connectivity index (χ0v) is 7.78. The van der Waals surface area contributed by atoms with Gasteiger partial charge in [0, 0.05) is 13.1 Å². The SMILES string of the molecule is CC(=O)c1nccc(Cl)c1C(F)(F)F. The summed E-state index contributed by atoms with van der Waals surface area (Å²) in [7, 11) is 0. The molecule has 0 bridgehead atoms. The summed E-state index contributed by atoms with van der Waals surface area (Å²) in [6.07, 6.45) is -3.60. The number of hydrogen-bond donors (Lipinski definition) is 0. The first-order valence-electron chi connectivity index (χ1n) is 3.56. The molecule has 1 heterocycles. The maximum absolute atomic E-state index is 12.4. The lowest BCUT2D eigenvalue weighted by molar-refractivity contribution is -0.138. The van der Waals surface area contributed by atoms with Crippen LogP contribution >= 0.6 is 11.6 Å². The average Bonchev–Trinajstić information content (AvgIpc) is 2.01. The summed E-state index contributed by atoms with van der Waals surface area (Å²) in [5.41, 5.74) is -1.82. The van der Waals surface area contributed by atoms with Gasteiger partial charge < -0.3 is 0 Å². The Labute approximate surface area is 82.7 Å². The zero-order valence-electron chi connectivity index (χ0n) is 7.02. The molecule has 0 amide bonds. The first-order chi connectivity index (χ1) is 6.34. The van der Waals surface area contributed by atoms with Crippen LogP contribution in [0.15, 0.2) is 12.3 Å². The predicted octanol–water partition coefficient (Wildman–Crippen LogP) is 2.96. The number of carbonyl (C=O) groups excluding carboxylic acids is 1. The van der Waals surface area contributed by atoms with E-state index in [0.29, 0.717) is 0 Å². The minimum absolute atomic E-state index is 0.516. The molecule has 0 radical (unpaired) electrons. The van der Waals surface area contributed by atoms with Gasteiger partial charge in [-0.3, -0.25) is 9.78 Å². The standard InChI is InChI=1S/C8H5ClF3NO/c1-4(14)7-6(8(10,11)12)5(9)2-3-13-7/h2-3H,1H3. The molecule has 1 aromatic heterocycles. The molecule has 0 atom stereocenters. The Bertz CT molecular complexity index is 375. The molecule has 0 fully saturated rings. The first kappa shape index (κ1) is 11.0. The number of rotatable bonds is 1. The monoisotopic (exact) mass is 223 g/mol. The van der Waals surface area contributed by atoms with E-state index in [1.54, 1.807) is 0 Å². The van der Waals surface area contributed by atoms with Gasteiger partial charge in [-0.25, -0.2) is 0 Å². The molecule has 0 saturated carbocycles. The van der Waals surface area contributed by atoms with Crippen molar-refractivity contribution in [2.75, 3.05) is 0 Å². The number of halogens is 4. The van der Waals surface area contributed by atoms with Crippen molar-refractivity contribution in [1.29, 1.82) is 0 Å². The minimum atomic E-state index is -4.66. The molecule has 1 aromatic rings. The number of hydrogen-bond acceptors (Lipinski definition) is 2. The zero-order chi connectivity index (χ0) is 10.9. The summed E-state index contributed by atoms with van der Waals surface area (Å²) in [4.78, 5) is 14.2. The highest BCUT2D eigenvalue weighted by Crippen LogP contribution is 2.36. The van der Waals surface area contributed by atoms with Gasteiger partial charge in [0.2, 0.25) is 0 Å². The molecule has 1 rings (SSSR count). The molecular weight excluding hydrogens is 219 g/mol. The smallest absolute Gasteiger partial charge is 0.293 e. The molecule has 0 saturated heterocycles. The predicted molar refractivity (Wildman–Crippen MR) is 44.3 cm³/mol. The number of aromatic nitrogens is 1. The molecule has 0 unspecified atom stereocenters. The summed E-state index contributed by atoms with van der Waals surface area (Å²) in [6.45, 7) is 1.01. The fraction of sp³-hybridized carbons (Fsp3) is 0.250. The van der Waals surface area contributed by atoms with Crippen molar-refractivity contribution in [3.05, 3.63) is 28.5 Å².